The van der Waals surface area contributed by atoms with E-state index >= 15 is 0 Å². The van der Waals surface area contributed by atoms with Crippen molar-refractivity contribution in [2.75, 3.05) is 5.32 Å². The van der Waals surface area contributed by atoms with Gasteiger partial charge >= 0.3 is 18.3 Å². The third-order valence-electron chi connectivity index (χ3n) is 4.87. The summed E-state index contributed by atoms with van der Waals surface area (Å²) in [7, 11) is 0. The first kappa shape index (κ1) is 26.6. The quantitative estimate of drug-likeness (QED) is 0.461. The molecule has 15 heteroatoms. The third-order valence-corrected chi connectivity index (χ3v) is 4.87. The monoisotopic (exact) mass is 521 g/mol. The summed E-state index contributed by atoms with van der Waals surface area (Å²) >= 11 is 0. The molecule has 0 saturated heterocycles. The van der Waals surface area contributed by atoms with Gasteiger partial charge in [0, 0.05) is 5.69 Å². The topological polar surface area (TPSA) is 103 Å². The van der Waals surface area contributed by atoms with Gasteiger partial charge in [-0.2, -0.15) is 35.1 Å². The lowest BCUT2D eigenvalue weighted by molar-refractivity contribution is -0.292. The molecule has 0 atom stereocenters. The highest BCUT2D eigenvalue weighted by molar-refractivity contribution is 6.12. The van der Waals surface area contributed by atoms with Gasteiger partial charge in [0.05, 0.1) is 17.7 Å². The molecule has 1 heterocycles. The van der Waals surface area contributed by atoms with Crippen LogP contribution in [0.1, 0.15) is 43.5 Å². The van der Waals surface area contributed by atoms with Crippen LogP contribution in [0, 0.1) is 6.92 Å². The Bertz CT molecular complexity index is 1310. The molecule has 1 aromatic heterocycles. The summed E-state index contributed by atoms with van der Waals surface area (Å²) in [6.07, 6.45) is -11.6. The summed E-state index contributed by atoms with van der Waals surface area (Å²) < 4.78 is 105. The van der Waals surface area contributed by atoms with Crippen LogP contribution in [0.3, 0.4) is 0 Å². The van der Waals surface area contributed by atoms with Crippen molar-refractivity contribution in [1.82, 2.24) is 14.8 Å². The molecular weight excluding hydrogens is 506 g/mol. The van der Waals surface area contributed by atoms with Gasteiger partial charge in [0.2, 0.25) is 17.6 Å². The van der Waals surface area contributed by atoms with Crippen molar-refractivity contribution in [3.05, 3.63) is 76.4 Å². The predicted molar refractivity (Wildman–Crippen MR) is 108 cm³/mol. The standard InChI is InChI=1S/C21H15F8N5O2/c1-10-8-11(6-7-14(10)31-16(36)13-5-3-2-4-12(13)15(30)35)9-34-18(20(24,25)26)32-17(33-34)19(22,23)21(27,28)29/h2-8H,9H2,1H3,(H2,30,35)(H,31,36). The Labute approximate surface area is 196 Å². The third kappa shape index (κ3) is 5.28. The van der Waals surface area contributed by atoms with Gasteiger partial charge in [-0.25, -0.2) is 9.67 Å². The zero-order valence-electron chi connectivity index (χ0n) is 18.0. The predicted octanol–water partition coefficient (Wildman–Crippen LogP) is 4.66. The molecular formula is C21H15F8N5O2. The van der Waals surface area contributed by atoms with Crippen LogP contribution in [-0.2, 0) is 18.6 Å². The maximum absolute atomic E-state index is 13.5. The van der Waals surface area contributed by atoms with Crippen LogP contribution in [0.4, 0.5) is 40.8 Å². The number of alkyl halides is 8. The second kappa shape index (κ2) is 9.20. The van der Waals surface area contributed by atoms with E-state index in [1.807, 2.05) is 0 Å². The van der Waals surface area contributed by atoms with Gasteiger partial charge in [0.25, 0.3) is 5.91 Å². The summed E-state index contributed by atoms with van der Waals surface area (Å²) in [5.74, 6) is -11.6. The van der Waals surface area contributed by atoms with Crippen LogP contribution in [-0.4, -0.2) is 32.8 Å². The number of carbonyl (C=O) groups is 2. The minimum Gasteiger partial charge on any atom is -0.366 e. The van der Waals surface area contributed by atoms with Gasteiger partial charge in [-0.05, 0) is 36.2 Å². The summed E-state index contributed by atoms with van der Waals surface area (Å²) in [5.41, 5.74) is 5.66. The van der Waals surface area contributed by atoms with Crippen molar-refractivity contribution in [3.63, 3.8) is 0 Å². The number of nitrogens with two attached hydrogens (primary N) is 1. The number of aryl methyl sites for hydroxylation is 1. The SMILES string of the molecule is Cc1cc(Cn2nc(C(F)(F)C(F)(F)F)nc2C(F)(F)F)ccc1NC(=O)c1ccccc1C(N)=O. The first-order chi connectivity index (χ1) is 16.5. The number of nitrogens with one attached hydrogen (secondary N) is 1. The molecule has 0 aliphatic heterocycles. The first-order valence-electron chi connectivity index (χ1n) is 9.79. The Morgan fingerprint density at radius 3 is 2.11 bits per heavy atom. The van der Waals surface area contributed by atoms with E-state index in [9.17, 15) is 44.7 Å². The molecule has 192 valence electrons. The minimum atomic E-state index is -6.20. The largest absolute Gasteiger partial charge is 0.461 e. The number of carbonyl (C=O) groups excluding carboxylic acids is 2. The zero-order valence-corrected chi connectivity index (χ0v) is 18.0. The molecule has 0 bridgehead atoms. The molecule has 0 radical (unpaired) electrons. The Morgan fingerprint density at radius 1 is 0.972 bits per heavy atom. The number of primary amides is 1. The number of rotatable bonds is 6. The van der Waals surface area contributed by atoms with Crippen molar-refractivity contribution in [2.24, 2.45) is 5.73 Å². The van der Waals surface area contributed by atoms with Gasteiger partial charge in [-0.3, -0.25) is 9.59 Å². The number of hydrogen-bond acceptors (Lipinski definition) is 4. The highest BCUT2D eigenvalue weighted by Gasteiger charge is 2.62. The maximum atomic E-state index is 13.5. The number of anilines is 1. The Balaban J connectivity index is 1.90. The number of halogens is 8. The van der Waals surface area contributed by atoms with Crippen molar-refractivity contribution in [2.45, 2.75) is 31.7 Å². The van der Waals surface area contributed by atoms with E-state index in [1.165, 1.54) is 49.4 Å². The normalized spacial score (nSPS) is 12.5. The number of nitrogens with zero attached hydrogens (tertiary/aromatic N) is 3. The first-order valence-corrected chi connectivity index (χ1v) is 9.79. The van der Waals surface area contributed by atoms with Crippen LogP contribution in [0.5, 0.6) is 0 Å². The highest BCUT2D eigenvalue weighted by Crippen LogP contribution is 2.43. The van der Waals surface area contributed by atoms with Crippen LogP contribution < -0.4 is 11.1 Å². The van der Waals surface area contributed by atoms with Crippen molar-refractivity contribution in [3.8, 4) is 0 Å². The van der Waals surface area contributed by atoms with E-state index in [-0.39, 0.29) is 27.1 Å². The molecule has 0 saturated carbocycles. The lowest BCUT2D eigenvalue weighted by atomic mass is 10.1. The van der Waals surface area contributed by atoms with Crippen molar-refractivity contribution < 1.29 is 44.7 Å². The molecule has 0 spiro atoms. The fraction of sp³-hybridized carbons (Fsp3) is 0.238. The average molecular weight is 521 g/mol. The molecule has 0 aliphatic rings. The highest BCUT2D eigenvalue weighted by atomic mass is 19.4. The number of aromatic nitrogens is 3. The van der Waals surface area contributed by atoms with Crippen LogP contribution in [0.25, 0.3) is 0 Å². The zero-order chi connectivity index (χ0) is 27.1. The van der Waals surface area contributed by atoms with Crippen molar-refractivity contribution >= 4 is 17.5 Å². The van der Waals surface area contributed by atoms with Crippen LogP contribution >= 0.6 is 0 Å². The van der Waals surface area contributed by atoms with Crippen LogP contribution in [0.2, 0.25) is 0 Å². The second-order valence-corrected chi connectivity index (χ2v) is 7.50. The van der Waals surface area contributed by atoms with E-state index in [4.69, 9.17) is 5.73 Å². The molecule has 3 rings (SSSR count). The van der Waals surface area contributed by atoms with Gasteiger partial charge in [0.1, 0.15) is 0 Å². The van der Waals surface area contributed by atoms with Crippen molar-refractivity contribution in [1.29, 1.82) is 0 Å². The molecule has 0 fully saturated rings. The fourth-order valence-electron chi connectivity index (χ4n) is 3.14. The smallest absolute Gasteiger partial charge is 0.366 e. The fourth-order valence-corrected chi connectivity index (χ4v) is 3.14. The number of benzene rings is 2. The molecule has 36 heavy (non-hydrogen) atoms. The molecule has 7 nitrogen and oxygen atoms in total. The van der Waals surface area contributed by atoms with E-state index in [1.54, 1.807) is 0 Å². The summed E-state index contributed by atoms with van der Waals surface area (Å²) in [6, 6.07) is 9.39. The van der Waals surface area contributed by atoms with Gasteiger partial charge in [0.15, 0.2) is 0 Å². The summed E-state index contributed by atoms with van der Waals surface area (Å²) in [4.78, 5) is 26.5. The van der Waals surface area contributed by atoms with E-state index in [0.717, 1.165) is 0 Å². The summed E-state index contributed by atoms with van der Waals surface area (Å²) in [5, 5.41) is 5.28. The summed E-state index contributed by atoms with van der Waals surface area (Å²) in [6.45, 7) is 0.601. The molecule has 2 aromatic carbocycles. The van der Waals surface area contributed by atoms with Crippen LogP contribution in [0.15, 0.2) is 42.5 Å². The lowest BCUT2D eigenvalue weighted by Gasteiger charge is -2.15. The average Bonchev–Trinajstić information content (AvgIpc) is 3.20. The molecule has 3 aromatic rings. The molecule has 2 amide bonds. The van der Waals surface area contributed by atoms with E-state index in [0.29, 0.717) is 5.56 Å². The Kier molecular flexibility index (Phi) is 6.79. The lowest BCUT2D eigenvalue weighted by Crippen LogP contribution is -2.35. The molecule has 0 aliphatic carbocycles. The Hall–Kier alpha value is -4.04. The van der Waals surface area contributed by atoms with E-state index in [2.05, 4.69) is 15.4 Å². The van der Waals surface area contributed by atoms with Gasteiger partial charge in [-0.15, -0.1) is 5.10 Å². The molecule has 0 unspecified atom stereocenters. The maximum Gasteiger partial charge on any atom is 0.461 e. The number of amides is 2. The second-order valence-electron chi connectivity index (χ2n) is 7.50. The minimum absolute atomic E-state index is 0.0281. The Morgan fingerprint density at radius 2 is 1.58 bits per heavy atom. The molecule has 3 N–H and O–H groups in total. The van der Waals surface area contributed by atoms with E-state index < -0.39 is 48.3 Å². The number of hydrogen-bond donors (Lipinski definition) is 2. The van der Waals surface area contributed by atoms with Gasteiger partial charge in [-0.1, -0.05) is 24.3 Å². The van der Waals surface area contributed by atoms with Gasteiger partial charge < -0.3 is 11.1 Å².